The number of carbonyl (C=O) groups is 2. The van der Waals surface area contributed by atoms with Crippen LogP contribution in [-0.4, -0.2) is 25.0 Å². The highest BCUT2D eigenvalue weighted by Gasteiger charge is 2.18. The highest BCUT2D eigenvalue weighted by atomic mass is 16.3. The summed E-state index contributed by atoms with van der Waals surface area (Å²) in [5.74, 6) is 0.354. The van der Waals surface area contributed by atoms with E-state index in [4.69, 9.17) is 4.42 Å². The maximum Gasteiger partial charge on any atom is 0.321 e. The van der Waals surface area contributed by atoms with Crippen molar-refractivity contribution in [2.45, 2.75) is 25.9 Å². The van der Waals surface area contributed by atoms with Gasteiger partial charge in [0.1, 0.15) is 5.76 Å². The summed E-state index contributed by atoms with van der Waals surface area (Å²) in [6, 6.07) is 2.49. The van der Waals surface area contributed by atoms with Gasteiger partial charge in [0.05, 0.1) is 18.3 Å². The van der Waals surface area contributed by atoms with Crippen molar-refractivity contribution in [1.82, 2.24) is 16.0 Å². The SMILES string of the molecule is CNC(=O)NC(=O)[C@@H](C)N[C@@H](C)c1ccco1. The number of furan rings is 1. The van der Waals surface area contributed by atoms with Crippen molar-refractivity contribution >= 4 is 11.9 Å². The topological polar surface area (TPSA) is 83.4 Å². The van der Waals surface area contributed by atoms with Crippen molar-refractivity contribution in [3.63, 3.8) is 0 Å². The minimum atomic E-state index is -0.519. The fourth-order valence-corrected chi connectivity index (χ4v) is 1.35. The Morgan fingerprint density at radius 2 is 2.06 bits per heavy atom. The highest BCUT2D eigenvalue weighted by Crippen LogP contribution is 2.12. The summed E-state index contributed by atoms with van der Waals surface area (Å²) in [5.41, 5.74) is 0. The molecule has 1 rings (SSSR count). The quantitative estimate of drug-likeness (QED) is 0.724. The third kappa shape index (κ3) is 3.92. The molecule has 1 heterocycles. The fraction of sp³-hybridized carbons (Fsp3) is 0.455. The number of amides is 3. The monoisotopic (exact) mass is 239 g/mol. The van der Waals surface area contributed by atoms with Gasteiger partial charge in [-0.3, -0.25) is 15.4 Å². The molecule has 1 aromatic heterocycles. The van der Waals surface area contributed by atoms with E-state index < -0.39 is 12.1 Å². The maximum absolute atomic E-state index is 11.6. The maximum atomic E-state index is 11.6. The van der Waals surface area contributed by atoms with Crippen molar-refractivity contribution in [3.8, 4) is 0 Å². The molecule has 0 saturated carbocycles. The smallest absolute Gasteiger partial charge is 0.321 e. The standard InChI is InChI=1S/C11H17N3O3/c1-7(9-5-4-6-17-9)13-8(2)10(15)14-11(16)12-3/h4-8,13H,1-3H3,(H2,12,14,15,16)/t7-,8+/m0/s1. The first-order chi connectivity index (χ1) is 8.04. The van der Waals surface area contributed by atoms with E-state index in [0.29, 0.717) is 0 Å². The van der Waals surface area contributed by atoms with Gasteiger partial charge in [0.2, 0.25) is 5.91 Å². The lowest BCUT2D eigenvalue weighted by Gasteiger charge is -2.17. The van der Waals surface area contributed by atoms with Crippen LogP contribution in [0.2, 0.25) is 0 Å². The number of carbonyl (C=O) groups excluding carboxylic acids is 2. The van der Waals surface area contributed by atoms with Crippen molar-refractivity contribution in [2.24, 2.45) is 0 Å². The molecule has 3 amide bonds. The normalized spacial score (nSPS) is 13.8. The molecule has 0 aliphatic heterocycles. The molecule has 0 unspecified atom stereocenters. The third-order valence-electron chi connectivity index (χ3n) is 2.33. The Kier molecular flexibility index (Phi) is 4.71. The van der Waals surface area contributed by atoms with Crippen LogP contribution in [0, 0.1) is 0 Å². The predicted molar refractivity (Wildman–Crippen MR) is 62.3 cm³/mol. The van der Waals surface area contributed by atoms with Crippen molar-refractivity contribution in [1.29, 1.82) is 0 Å². The summed E-state index contributed by atoms with van der Waals surface area (Å²) in [7, 11) is 1.45. The Balaban J connectivity index is 2.46. The highest BCUT2D eigenvalue weighted by molar-refractivity contribution is 5.96. The average molecular weight is 239 g/mol. The molecule has 2 atom stereocenters. The third-order valence-corrected chi connectivity index (χ3v) is 2.33. The molecule has 0 aromatic carbocycles. The van der Waals surface area contributed by atoms with E-state index in [1.165, 1.54) is 7.05 Å². The molecule has 1 aromatic rings. The van der Waals surface area contributed by atoms with Gasteiger partial charge in [-0.15, -0.1) is 0 Å². The molecule has 6 nitrogen and oxygen atoms in total. The van der Waals surface area contributed by atoms with E-state index in [1.807, 2.05) is 13.0 Å². The molecule has 0 spiro atoms. The predicted octanol–water partition coefficient (Wildman–Crippen LogP) is 0.774. The zero-order chi connectivity index (χ0) is 12.8. The number of hydrogen-bond acceptors (Lipinski definition) is 4. The second kappa shape index (κ2) is 6.05. The van der Waals surface area contributed by atoms with Gasteiger partial charge in [-0.2, -0.15) is 0 Å². The fourth-order valence-electron chi connectivity index (χ4n) is 1.35. The molecule has 0 aliphatic rings. The molecule has 0 radical (unpaired) electrons. The number of imide groups is 1. The second-order valence-corrected chi connectivity index (χ2v) is 3.69. The summed E-state index contributed by atoms with van der Waals surface area (Å²) < 4.78 is 5.20. The van der Waals surface area contributed by atoms with Crippen molar-refractivity contribution < 1.29 is 14.0 Å². The number of urea groups is 1. The minimum absolute atomic E-state index is 0.101. The van der Waals surface area contributed by atoms with Crippen LogP contribution < -0.4 is 16.0 Å². The van der Waals surface area contributed by atoms with E-state index in [-0.39, 0.29) is 11.9 Å². The number of rotatable bonds is 4. The first-order valence-corrected chi connectivity index (χ1v) is 5.36. The first kappa shape index (κ1) is 13.2. The zero-order valence-corrected chi connectivity index (χ0v) is 10.1. The van der Waals surface area contributed by atoms with Gasteiger partial charge < -0.3 is 9.73 Å². The molecule has 0 aliphatic carbocycles. The molecule has 17 heavy (non-hydrogen) atoms. The molecule has 6 heteroatoms. The second-order valence-electron chi connectivity index (χ2n) is 3.69. The van der Waals surface area contributed by atoms with Gasteiger partial charge >= 0.3 is 6.03 Å². The average Bonchev–Trinajstić information content (AvgIpc) is 2.82. The molecule has 0 saturated heterocycles. The first-order valence-electron chi connectivity index (χ1n) is 5.36. The summed E-state index contributed by atoms with van der Waals surface area (Å²) in [6.45, 7) is 3.56. The van der Waals surface area contributed by atoms with Crippen LogP contribution in [0.25, 0.3) is 0 Å². The van der Waals surface area contributed by atoms with Crippen LogP contribution in [0.15, 0.2) is 22.8 Å². The van der Waals surface area contributed by atoms with E-state index >= 15 is 0 Å². The van der Waals surface area contributed by atoms with E-state index in [1.54, 1.807) is 19.3 Å². The number of nitrogens with one attached hydrogen (secondary N) is 3. The van der Waals surface area contributed by atoms with Crippen LogP contribution in [-0.2, 0) is 4.79 Å². The van der Waals surface area contributed by atoms with Gasteiger partial charge in [0, 0.05) is 7.05 Å². The van der Waals surface area contributed by atoms with Crippen molar-refractivity contribution in [3.05, 3.63) is 24.2 Å². The van der Waals surface area contributed by atoms with E-state index in [0.717, 1.165) is 5.76 Å². The van der Waals surface area contributed by atoms with E-state index in [2.05, 4.69) is 16.0 Å². The molecular formula is C11H17N3O3. The minimum Gasteiger partial charge on any atom is -0.468 e. The number of hydrogen-bond donors (Lipinski definition) is 3. The lowest BCUT2D eigenvalue weighted by molar-refractivity contribution is -0.121. The lowest BCUT2D eigenvalue weighted by atomic mass is 10.2. The van der Waals surface area contributed by atoms with Crippen molar-refractivity contribution in [2.75, 3.05) is 7.05 Å². The Morgan fingerprint density at radius 1 is 1.35 bits per heavy atom. The lowest BCUT2D eigenvalue weighted by Crippen LogP contribution is -2.47. The van der Waals surface area contributed by atoms with Gasteiger partial charge in [-0.05, 0) is 26.0 Å². The molecule has 3 N–H and O–H groups in total. The Morgan fingerprint density at radius 3 is 2.59 bits per heavy atom. The van der Waals surface area contributed by atoms with E-state index in [9.17, 15) is 9.59 Å². The van der Waals surface area contributed by atoms with Crippen LogP contribution in [0.1, 0.15) is 25.6 Å². The van der Waals surface area contributed by atoms with Gasteiger partial charge in [0.15, 0.2) is 0 Å². The van der Waals surface area contributed by atoms with Gasteiger partial charge in [-0.1, -0.05) is 0 Å². The Hall–Kier alpha value is -1.82. The Labute approximate surface area is 99.8 Å². The van der Waals surface area contributed by atoms with Crippen LogP contribution in [0.5, 0.6) is 0 Å². The largest absolute Gasteiger partial charge is 0.468 e. The summed E-state index contributed by atoms with van der Waals surface area (Å²) >= 11 is 0. The van der Waals surface area contributed by atoms with Crippen LogP contribution in [0.3, 0.4) is 0 Å². The summed E-state index contributed by atoms with van der Waals surface area (Å²) in [5, 5.41) is 7.54. The summed E-state index contributed by atoms with van der Waals surface area (Å²) in [4.78, 5) is 22.5. The Bertz CT molecular complexity index is 375. The van der Waals surface area contributed by atoms with Gasteiger partial charge in [-0.25, -0.2) is 4.79 Å². The molecule has 94 valence electrons. The zero-order valence-electron chi connectivity index (χ0n) is 10.1. The van der Waals surface area contributed by atoms with Crippen LogP contribution >= 0.6 is 0 Å². The molecular weight excluding hydrogens is 222 g/mol. The molecule has 0 bridgehead atoms. The molecule has 0 fully saturated rings. The van der Waals surface area contributed by atoms with Gasteiger partial charge in [0.25, 0.3) is 0 Å². The van der Waals surface area contributed by atoms with Crippen LogP contribution in [0.4, 0.5) is 4.79 Å². The summed E-state index contributed by atoms with van der Waals surface area (Å²) in [6.07, 6.45) is 1.57.